The maximum absolute atomic E-state index is 8.43. The molecule has 2 aromatic carbocycles. The van der Waals surface area contributed by atoms with E-state index in [0.29, 0.717) is 0 Å². The van der Waals surface area contributed by atoms with E-state index < -0.39 is 0 Å². The van der Waals surface area contributed by atoms with Crippen molar-refractivity contribution in [3.05, 3.63) is 60.2 Å². The van der Waals surface area contributed by atoms with Crippen LogP contribution in [0.4, 0.5) is 0 Å². The Morgan fingerprint density at radius 2 is 1.31 bits per heavy atom. The van der Waals surface area contributed by atoms with Crippen LogP contribution in [0.3, 0.4) is 0 Å². The van der Waals surface area contributed by atoms with E-state index in [9.17, 15) is 0 Å². The van der Waals surface area contributed by atoms with E-state index >= 15 is 0 Å². The second-order valence-electron chi connectivity index (χ2n) is 2.41. The van der Waals surface area contributed by atoms with Crippen molar-refractivity contribution >= 4 is 0 Å². The van der Waals surface area contributed by atoms with Gasteiger partial charge in [-0.25, -0.2) is 12.1 Å². The third-order valence-electron chi connectivity index (χ3n) is 1.47. The summed E-state index contributed by atoms with van der Waals surface area (Å²) in [6, 6.07) is 17.6. The fraction of sp³-hybridized carbons (Fsp3) is 0.0909. The zero-order chi connectivity index (χ0) is 8.65. The van der Waals surface area contributed by atoms with Gasteiger partial charge in [0.1, 0.15) is 0 Å². The summed E-state index contributed by atoms with van der Waals surface area (Å²) in [7, 11) is 0. The molecule has 0 atom stereocenters. The third-order valence-corrected chi connectivity index (χ3v) is 1.47. The average molecular weight is 216 g/mol. The number of hydrogen-bond acceptors (Lipinski definition) is 1. The van der Waals surface area contributed by atoms with Gasteiger partial charge in [0.25, 0.3) is 0 Å². The molecule has 0 radical (unpaired) electrons. The number of hydrogen-bond donors (Lipinski definition) is 1. The monoisotopic (exact) mass is 216 g/mol. The van der Waals surface area contributed by atoms with Gasteiger partial charge in [-0.05, 0) is 0 Å². The molecule has 0 unspecified atom stereocenters. The summed E-state index contributed by atoms with van der Waals surface area (Å²) in [4.78, 5) is 0. The zero-order valence-corrected chi connectivity index (χ0v) is 8.31. The number of rotatable bonds is 1. The number of aliphatic hydroxyl groups excluding tert-OH is 1. The molecule has 1 nitrogen and oxygen atoms in total. The van der Waals surface area contributed by atoms with E-state index in [1.807, 2.05) is 54.6 Å². The van der Waals surface area contributed by atoms with Gasteiger partial charge in [-0.3, -0.25) is 0 Å². The normalized spacial score (nSPS) is 8.08. The van der Waals surface area contributed by atoms with Crippen molar-refractivity contribution in [1.82, 2.24) is 0 Å². The fourth-order valence-corrected chi connectivity index (χ4v) is 0.840. The Hall–Kier alpha value is -0.821. The Morgan fingerprint density at radius 1 is 0.923 bits per heavy atom. The van der Waals surface area contributed by atoms with Crippen LogP contribution < -0.4 is 0 Å². The van der Waals surface area contributed by atoms with Crippen molar-refractivity contribution in [3.8, 4) is 0 Å². The predicted octanol–water partition coefficient (Wildman–Crippen LogP) is 2.30. The summed E-state index contributed by atoms with van der Waals surface area (Å²) in [5.41, 5.74) is 0.986. The standard InChI is InChI=1S/C6H7O.C5H5.Fe/c7-5-6-3-1-2-4-6;1-2-4-5-3-1;/h1-4,7H,5H2;1-5H;/q-1;-5;. The molecule has 2 aromatic rings. The fourth-order valence-electron chi connectivity index (χ4n) is 0.840. The van der Waals surface area contributed by atoms with Crippen LogP contribution in [0.25, 0.3) is 0 Å². The van der Waals surface area contributed by atoms with Gasteiger partial charge in [-0.2, -0.15) is 12.1 Å². The minimum atomic E-state index is 0. The molecule has 0 aliphatic carbocycles. The molecule has 0 aliphatic rings. The summed E-state index contributed by atoms with van der Waals surface area (Å²) >= 11 is 0. The van der Waals surface area contributed by atoms with Crippen LogP contribution in [0.1, 0.15) is 5.56 Å². The largest absolute Gasteiger partial charge is 0.748 e. The van der Waals surface area contributed by atoms with Crippen LogP contribution in [0, 0.1) is 0 Å². The molecular weight excluding hydrogens is 204 g/mol. The van der Waals surface area contributed by atoms with Crippen molar-refractivity contribution in [3.63, 3.8) is 0 Å². The molecule has 13 heavy (non-hydrogen) atoms. The van der Waals surface area contributed by atoms with Gasteiger partial charge in [0, 0.05) is 23.7 Å². The van der Waals surface area contributed by atoms with E-state index in [1.54, 1.807) is 0 Å². The molecule has 0 saturated heterocycles. The van der Waals surface area contributed by atoms with E-state index in [1.165, 1.54) is 0 Å². The molecule has 0 aliphatic heterocycles. The van der Waals surface area contributed by atoms with Crippen molar-refractivity contribution in [2.45, 2.75) is 6.61 Å². The average Bonchev–Trinajstić information content (AvgIpc) is 2.81. The van der Waals surface area contributed by atoms with Crippen molar-refractivity contribution in [2.24, 2.45) is 0 Å². The summed E-state index contributed by atoms with van der Waals surface area (Å²) < 4.78 is 0. The van der Waals surface area contributed by atoms with Gasteiger partial charge < -0.3 is 35.4 Å². The van der Waals surface area contributed by atoms with E-state index in [-0.39, 0.29) is 23.7 Å². The minimum Gasteiger partial charge on any atom is -0.748 e. The zero-order valence-electron chi connectivity index (χ0n) is 7.20. The molecular formula is C11H12FeO-6. The smallest absolute Gasteiger partial charge is 0.0238 e. The molecule has 1 N–H and O–H groups in total. The van der Waals surface area contributed by atoms with E-state index in [4.69, 9.17) is 5.11 Å². The van der Waals surface area contributed by atoms with Crippen molar-refractivity contribution < 1.29 is 22.2 Å². The Balaban J connectivity index is 0.000000215. The van der Waals surface area contributed by atoms with Crippen molar-refractivity contribution in [2.75, 3.05) is 0 Å². The van der Waals surface area contributed by atoms with Gasteiger partial charge >= 0.3 is 0 Å². The van der Waals surface area contributed by atoms with E-state index in [2.05, 4.69) is 0 Å². The third kappa shape index (κ3) is 5.42. The summed E-state index contributed by atoms with van der Waals surface area (Å²) in [6.45, 7) is 0.160. The molecule has 76 valence electrons. The van der Waals surface area contributed by atoms with E-state index in [0.717, 1.165) is 5.56 Å². The first-order valence-electron chi connectivity index (χ1n) is 3.91. The van der Waals surface area contributed by atoms with Crippen LogP contribution in [0.15, 0.2) is 54.6 Å². The van der Waals surface area contributed by atoms with Crippen LogP contribution >= 0.6 is 0 Å². The molecule has 0 amide bonds. The summed E-state index contributed by atoms with van der Waals surface area (Å²) in [6.07, 6.45) is 0. The molecule has 0 spiro atoms. The topological polar surface area (TPSA) is 20.2 Å². The molecule has 0 bridgehead atoms. The summed E-state index contributed by atoms with van der Waals surface area (Å²) in [5.74, 6) is 0. The molecule has 0 fully saturated rings. The summed E-state index contributed by atoms with van der Waals surface area (Å²) in [5, 5.41) is 8.43. The van der Waals surface area contributed by atoms with Gasteiger partial charge in [0.15, 0.2) is 0 Å². The van der Waals surface area contributed by atoms with Gasteiger partial charge in [0.05, 0.1) is 0 Å². The first-order valence-corrected chi connectivity index (χ1v) is 3.91. The maximum Gasteiger partial charge on any atom is 0.0238 e. The molecule has 0 saturated carbocycles. The van der Waals surface area contributed by atoms with Gasteiger partial charge in [-0.15, -0.1) is 5.56 Å². The second-order valence-corrected chi connectivity index (χ2v) is 2.41. The Bertz CT molecular complexity index is 241. The van der Waals surface area contributed by atoms with Crippen LogP contribution in [-0.4, -0.2) is 5.11 Å². The maximum atomic E-state index is 8.43. The predicted molar refractivity (Wildman–Crippen MR) is 50.0 cm³/mol. The second kappa shape index (κ2) is 7.81. The van der Waals surface area contributed by atoms with Gasteiger partial charge in [0.2, 0.25) is 0 Å². The molecule has 2 heteroatoms. The molecule has 0 aromatic heterocycles. The van der Waals surface area contributed by atoms with Gasteiger partial charge in [-0.1, -0.05) is 0 Å². The Labute approximate surface area is 89.2 Å². The Kier molecular flexibility index (Phi) is 7.32. The quantitative estimate of drug-likeness (QED) is 0.572. The van der Waals surface area contributed by atoms with Crippen LogP contribution in [0.5, 0.6) is 0 Å². The SMILES string of the molecule is OC[c-]1cccc1.[Fe].[cH-]1[cH-][cH-][cH-][cH-]1. The minimum absolute atomic E-state index is 0. The van der Waals surface area contributed by atoms with Crippen LogP contribution in [0.2, 0.25) is 0 Å². The first-order chi connectivity index (χ1) is 5.93. The number of aliphatic hydroxyl groups is 1. The molecule has 0 heterocycles. The van der Waals surface area contributed by atoms with Crippen LogP contribution in [-0.2, 0) is 23.7 Å². The first kappa shape index (κ1) is 12.2. The Morgan fingerprint density at radius 3 is 1.54 bits per heavy atom. The van der Waals surface area contributed by atoms with Crippen molar-refractivity contribution in [1.29, 1.82) is 0 Å². The molecule has 2 rings (SSSR count).